The van der Waals surface area contributed by atoms with Crippen LogP contribution in [0.25, 0.3) is 0 Å². The van der Waals surface area contributed by atoms with Crippen molar-refractivity contribution in [2.45, 2.75) is 20.3 Å². The van der Waals surface area contributed by atoms with Gasteiger partial charge in [0.2, 0.25) is 0 Å². The highest BCUT2D eigenvalue weighted by Crippen LogP contribution is 2.13. The van der Waals surface area contributed by atoms with E-state index in [0.29, 0.717) is 37.4 Å². The molecule has 6 heteroatoms. The number of ether oxygens (including phenoxy) is 1. The highest BCUT2D eigenvalue weighted by atomic mass is 19.1. The van der Waals surface area contributed by atoms with Crippen molar-refractivity contribution in [1.82, 2.24) is 9.80 Å². The highest BCUT2D eigenvalue weighted by molar-refractivity contribution is 5.94. The minimum atomic E-state index is -0.366. The molecule has 0 saturated carbocycles. The monoisotopic (exact) mass is 322 g/mol. The van der Waals surface area contributed by atoms with E-state index in [1.54, 1.807) is 30.9 Å². The van der Waals surface area contributed by atoms with Crippen molar-refractivity contribution in [3.63, 3.8) is 0 Å². The van der Waals surface area contributed by atoms with Crippen molar-refractivity contribution in [3.8, 4) is 0 Å². The Hall–Kier alpha value is -1.95. The fourth-order valence-electron chi connectivity index (χ4n) is 2.63. The second-order valence-electron chi connectivity index (χ2n) is 5.69. The van der Waals surface area contributed by atoms with E-state index in [2.05, 4.69) is 0 Å². The van der Waals surface area contributed by atoms with E-state index in [1.165, 1.54) is 6.07 Å². The number of amides is 1. The molecule has 0 atom stereocenters. The number of hydrogen-bond acceptors (Lipinski definition) is 4. The Bertz CT molecular complexity index is 577. The standard InChI is InChI=1S/C17H23FN2O3/c1-3-23-16(21)12-19-7-4-8-20(10-9-19)17(22)14-6-5-13(2)15(18)11-14/h5-6,11H,3-4,7-10,12H2,1-2H3. The number of aryl methyl sites for hydroxylation is 1. The molecule has 0 bridgehead atoms. The van der Waals surface area contributed by atoms with Crippen LogP contribution in [0.4, 0.5) is 4.39 Å². The lowest BCUT2D eigenvalue weighted by Gasteiger charge is -2.21. The molecule has 0 aromatic heterocycles. The largest absolute Gasteiger partial charge is 0.465 e. The van der Waals surface area contributed by atoms with Crippen LogP contribution < -0.4 is 0 Å². The first kappa shape index (κ1) is 17.4. The molecule has 1 fully saturated rings. The number of carbonyl (C=O) groups is 2. The van der Waals surface area contributed by atoms with Gasteiger partial charge < -0.3 is 9.64 Å². The molecule has 23 heavy (non-hydrogen) atoms. The normalized spacial score (nSPS) is 16.0. The zero-order valence-corrected chi connectivity index (χ0v) is 13.7. The molecule has 5 nitrogen and oxygen atoms in total. The molecule has 0 aliphatic carbocycles. The second kappa shape index (κ2) is 8.06. The quantitative estimate of drug-likeness (QED) is 0.794. The summed E-state index contributed by atoms with van der Waals surface area (Å²) in [5, 5.41) is 0. The average molecular weight is 322 g/mol. The van der Waals surface area contributed by atoms with Crippen LogP contribution in [0.5, 0.6) is 0 Å². The smallest absolute Gasteiger partial charge is 0.320 e. The summed E-state index contributed by atoms with van der Waals surface area (Å²) in [5.41, 5.74) is 0.893. The fraction of sp³-hybridized carbons (Fsp3) is 0.529. The minimum absolute atomic E-state index is 0.165. The molecule has 0 radical (unpaired) electrons. The number of esters is 1. The van der Waals surface area contributed by atoms with Crippen LogP contribution in [0, 0.1) is 12.7 Å². The van der Waals surface area contributed by atoms with Gasteiger partial charge in [-0.1, -0.05) is 6.07 Å². The van der Waals surface area contributed by atoms with E-state index in [-0.39, 0.29) is 24.2 Å². The SMILES string of the molecule is CCOC(=O)CN1CCCN(C(=O)c2ccc(C)c(F)c2)CC1. The first-order valence-electron chi connectivity index (χ1n) is 7.94. The molecule has 1 aromatic rings. The van der Waals surface area contributed by atoms with Crippen LogP contribution in [0.15, 0.2) is 18.2 Å². The van der Waals surface area contributed by atoms with Gasteiger partial charge in [0.25, 0.3) is 5.91 Å². The van der Waals surface area contributed by atoms with Crippen LogP contribution in [0.3, 0.4) is 0 Å². The number of carbonyl (C=O) groups excluding carboxylic acids is 2. The summed E-state index contributed by atoms with van der Waals surface area (Å²) in [6.45, 7) is 6.54. The molecule has 2 rings (SSSR count). The van der Waals surface area contributed by atoms with E-state index in [4.69, 9.17) is 4.74 Å². The number of hydrogen-bond donors (Lipinski definition) is 0. The maximum absolute atomic E-state index is 13.6. The Kier molecular flexibility index (Phi) is 6.10. The summed E-state index contributed by atoms with van der Waals surface area (Å²) in [6.07, 6.45) is 0.777. The third-order valence-electron chi connectivity index (χ3n) is 3.95. The molecule has 1 saturated heterocycles. The summed E-state index contributed by atoms with van der Waals surface area (Å²) in [4.78, 5) is 27.7. The number of halogens is 1. The third kappa shape index (κ3) is 4.76. The first-order valence-corrected chi connectivity index (χ1v) is 7.94. The van der Waals surface area contributed by atoms with Crippen LogP contribution in [0.1, 0.15) is 29.3 Å². The van der Waals surface area contributed by atoms with Gasteiger partial charge in [-0.15, -0.1) is 0 Å². The molecular weight excluding hydrogens is 299 g/mol. The maximum Gasteiger partial charge on any atom is 0.320 e. The van der Waals surface area contributed by atoms with Gasteiger partial charge in [-0.25, -0.2) is 4.39 Å². The summed E-state index contributed by atoms with van der Waals surface area (Å²) < 4.78 is 18.6. The number of rotatable bonds is 4. The van der Waals surface area contributed by atoms with E-state index in [0.717, 1.165) is 13.0 Å². The third-order valence-corrected chi connectivity index (χ3v) is 3.95. The Morgan fingerprint density at radius 2 is 2.00 bits per heavy atom. The lowest BCUT2D eigenvalue weighted by Crippen LogP contribution is -2.37. The van der Waals surface area contributed by atoms with Crippen LogP contribution in [-0.2, 0) is 9.53 Å². The fourth-order valence-corrected chi connectivity index (χ4v) is 2.63. The molecular formula is C17H23FN2O3. The number of benzene rings is 1. The summed E-state index contributed by atoms with van der Waals surface area (Å²) in [6, 6.07) is 4.56. The van der Waals surface area contributed by atoms with E-state index in [1.807, 2.05) is 4.90 Å². The van der Waals surface area contributed by atoms with Crippen molar-refractivity contribution in [3.05, 3.63) is 35.1 Å². The minimum Gasteiger partial charge on any atom is -0.465 e. The average Bonchev–Trinajstić information content (AvgIpc) is 2.75. The lowest BCUT2D eigenvalue weighted by molar-refractivity contribution is -0.144. The van der Waals surface area contributed by atoms with Gasteiger partial charge in [-0.2, -0.15) is 0 Å². The predicted octanol–water partition coefficient (Wildman–Crippen LogP) is 1.85. The summed E-state index contributed by atoms with van der Waals surface area (Å²) in [5.74, 6) is -0.774. The van der Waals surface area contributed by atoms with Gasteiger partial charge in [-0.05, 0) is 38.0 Å². The van der Waals surface area contributed by atoms with E-state index < -0.39 is 0 Å². The van der Waals surface area contributed by atoms with Crippen molar-refractivity contribution in [2.75, 3.05) is 39.3 Å². The zero-order valence-electron chi connectivity index (χ0n) is 13.7. The molecule has 126 valence electrons. The van der Waals surface area contributed by atoms with Gasteiger partial charge in [0.15, 0.2) is 0 Å². The predicted molar refractivity (Wildman–Crippen MR) is 84.7 cm³/mol. The Labute approximate surface area is 136 Å². The summed E-state index contributed by atoms with van der Waals surface area (Å²) >= 11 is 0. The molecule has 1 aromatic carbocycles. The van der Waals surface area contributed by atoms with Gasteiger partial charge in [0.05, 0.1) is 13.2 Å². The van der Waals surface area contributed by atoms with Crippen molar-refractivity contribution in [2.24, 2.45) is 0 Å². The molecule has 1 aliphatic rings. The lowest BCUT2D eigenvalue weighted by atomic mass is 10.1. The Morgan fingerprint density at radius 1 is 1.22 bits per heavy atom. The van der Waals surface area contributed by atoms with Gasteiger partial charge in [0.1, 0.15) is 5.82 Å². The molecule has 1 heterocycles. The van der Waals surface area contributed by atoms with E-state index >= 15 is 0 Å². The van der Waals surface area contributed by atoms with Crippen LogP contribution >= 0.6 is 0 Å². The molecule has 0 spiro atoms. The topological polar surface area (TPSA) is 49.9 Å². The van der Waals surface area contributed by atoms with Gasteiger partial charge in [0, 0.05) is 31.7 Å². The molecule has 1 amide bonds. The first-order chi connectivity index (χ1) is 11.0. The second-order valence-corrected chi connectivity index (χ2v) is 5.69. The molecule has 1 aliphatic heterocycles. The molecule has 0 unspecified atom stereocenters. The van der Waals surface area contributed by atoms with E-state index in [9.17, 15) is 14.0 Å². The molecule has 0 N–H and O–H groups in total. The Balaban J connectivity index is 1.95. The maximum atomic E-state index is 13.6. The highest BCUT2D eigenvalue weighted by Gasteiger charge is 2.22. The van der Waals surface area contributed by atoms with Crippen LogP contribution in [0.2, 0.25) is 0 Å². The van der Waals surface area contributed by atoms with Gasteiger partial charge in [-0.3, -0.25) is 14.5 Å². The van der Waals surface area contributed by atoms with Crippen molar-refractivity contribution >= 4 is 11.9 Å². The van der Waals surface area contributed by atoms with Crippen molar-refractivity contribution < 1.29 is 18.7 Å². The Morgan fingerprint density at radius 3 is 2.70 bits per heavy atom. The number of nitrogens with zero attached hydrogens (tertiary/aromatic N) is 2. The summed E-state index contributed by atoms with van der Waals surface area (Å²) in [7, 11) is 0. The zero-order chi connectivity index (χ0) is 16.8. The van der Waals surface area contributed by atoms with Gasteiger partial charge >= 0.3 is 5.97 Å². The van der Waals surface area contributed by atoms with Crippen LogP contribution in [-0.4, -0.2) is 61.0 Å². The van der Waals surface area contributed by atoms with Crippen molar-refractivity contribution in [1.29, 1.82) is 0 Å².